The Labute approximate surface area is 178 Å². The van der Waals surface area contributed by atoms with Gasteiger partial charge in [0.2, 0.25) is 5.69 Å². The Morgan fingerprint density at radius 2 is 1.87 bits per heavy atom. The first-order valence-corrected chi connectivity index (χ1v) is 10.0. The van der Waals surface area contributed by atoms with E-state index >= 15 is 0 Å². The lowest BCUT2D eigenvalue weighted by Crippen LogP contribution is -2.47. The third-order valence-corrected chi connectivity index (χ3v) is 5.01. The van der Waals surface area contributed by atoms with E-state index in [1.165, 1.54) is 0 Å². The first-order valence-electron chi connectivity index (χ1n) is 9.66. The number of nitrogens with one attached hydrogen (secondary N) is 1. The molecule has 0 saturated carbocycles. The van der Waals surface area contributed by atoms with Gasteiger partial charge in [0.05, 0.1) is 12.2 Å². The van der Waals surface area contributed by atoms with Crippen LogP contribution in [-0.2, 0) is 6.54 Å². The molecule has 8 heteroatoms. The van der Waals surface area contributed by atoms with E-state index in [2.05, 4.69) is 10.4 Å². The Kier molecular flexibility index (Phi) is 6.52. The normalized spacial score (nSPS) is 11.9. The molecule has 2 aromatic carbocycles. The van der Waals surface area contributed by atoms with Crippen LogP contribution in [0.3, 0.4) is 0 Å². The Morgan fingerprint density at radius 3 is 2.50 bits per heavy atom. The number of nitrogens with zero attached hydrogens (tertiary/aromatic N) is 3. The summed E-state index contributed by atoms with van der Waals surface area (Å²) in [5, 5.41) is 7.34. The van der Waals surface area contributed by atoms with Crippen LogP contribution < -0.4 is 16.6 Å². The molecule has 3 rings (SSSR count). The molecule has 7 nitrogen and oxygen atoms in total. The maximum atomic E-state index is 13.1. The zero-order chi connectivity index (χ0) is 21.8. The Morgan fingerprint density at radius 1 is 1.17 bits per heavy atom. The maximum absolute atomic E-state index is 13.1. The summed E-state index contributed by atoms with van der Waals surface area (Å²) in [4.78, 5) is 38.9. The molecule has 0 fully saturated rings. The van der Waals surface area contributed by atoms with Gasteiger partial charge in [0.15, 0.2) is 0 Å². The van der Waals surface area contributed by atoms with Crippen LogP contribution in [0.1, 0.15) is 41.9 Å². The predicted octanol–water partition coefficient (Wildman–Crippen LogP) is 2.93. The summed E-state index contributed by atoms with van der Waals surface area (Å²) in [5.41, 5.74) is 0.416. The van der Waals surface area contributed by atoms with Crippen LogP contribution in [0.2, 0.25) is 5.02 Å². The van der Waals surface area contributed by atoms with Crippen LogP contribution in [0.5, 0.6) is 0 Å². The van der Waals surface area contributed by atoms with Gasteiger partial charge in [-0.3, -0.25) is 14.2 Å². The zero-order valence-electron chi connectivity index (χ0n) is 17.1. The van der Waals surface area contributed by atoms with E-state index in [-0.39, 0.29) is 18.3 Å². The summed E-state index contributed by atoms with van der Waals surface area (Å²) in [6, 6.07) is 13.8. The highest BCUT2D eigenvalue weighted by Gasteiger charge is 2.21. The number of aryl methyl sites for hydroxylation is 1. The molecule has 0 aliphatic carbocycles. The van der Waals surface area contributed by atoms with E-state index in [9.17, 15) is 14.4 Å². The molecule has 0 aliphatic rings. The van der Waals surface area contributed by atoms with Gasteiger partial charge in [0.1, 0.15) is 0 Å². The predicted molar refractivity (Wildman–Crippen MR) is 117 cm³/mol. The summed E-state index contributed by atoms with van der Waals surface area (Å²) >= 11 is 6.04. The van der Waals surface area contributed by atoms with E-state index in [1.54, 1.807) is 36.4 Å². The zero-order valence-corrected chi connectivity index (χ0v) is 17.8. The second-order valence-corrected chi connectivity index (χ2v) is 7.62. The molecule has 3 aromatic rings. The Balaban J connectivity index is 2.18. The molecule has 0 aliphatic heterocycles. The number of aromatic nitrogens is 3. The number of carbonyl (C=O) groups is 1. The fraction of sp³-hybridized carbons (Fsp3) is 0.273. The molecule has 0 unspecified atom stereocenters. The summed E-state index contributed by atoms with van der Waals surface area (Å²) in [6.45, 7) is 5.64. The number of benzene rings is 2. The third kappa shape index (κ3) is 4.68. The first-order chi connectivity index (χ1) is 14.3. The molecule has 1 aromatic heterocycles. The van der Waals surface area contributed by atoms with Crippen molar-refractivity contribution in [2.45, 2.75) is 39.8 Å². The monoisotopic (exact) mass is 426 g/mol. The van der Waals surface area contributed by atoms with Crippen LogP contribution in [0.15, 0.2) is 58.1 Å². The molecule has 1 amide bonds. The highest BCUT2D eigenvalue weighted by atomic mass is 35.5. The van der Waals surface area contributed by atoms with Crippen molar-refractivity contribution in [2.24, 2.45) is 0 Å². The minimum Gasteiger partial charge on any atom is -0.348 e. The minimum absolute atomic E-state index is 0.0315. The fourth-order valence-electron chi connectivity index (χ4n) is 2.86. The van der Waals surface area contributed by atoms with Crippen molar-refractivity contribution >= 4 is 17.5 Å². The standard InChI is InChI=1S/C22H23ClN4O3/c1-4-15(3)24-20(28)19-21(29)26(13-16-6-5-7-17(23)12-16)22(30)27(25-19)18-10-8-14(2)9-11-18/h5-12,15H,4,13H2,1-3H3,(H,24,28)/t15-/m0/s1. The number of carbonyl (C=O) groups excluding carboxylic acids is 1. The topological polar surface area (TPSA) is 86.0 Å². The molecular weight excluding hydrogens is 404 g/mol. The summed E-state index contributed by atoms with van der Waals surface area (Å²) in [5.74, 6) is -0.616. The molecule has 30 heavy (non-hydrogen) atoms. The molecule has 0 saturated heterocycles. The van der Waals surface area contributed by atoms with Crippen LogP contribution in [0.25, 0.3) is 5.69 Å². The molecule has 156 valence electrons. The van der Waals surface area contributed by atoms with Crippen LogP contribution in [0.4, 0.5) is 0 Å². The van der Waals surface area contributed by atoms with Crippen LogP contribution >= 0.6 is 11.6 Å². The number of rotatable bonds is 6. The molecular formula is C22H23ClN4O3. The van der Waals surface area contributed by atoms with Gasteiger partial charge in [0, 0.05) is 11.1 Å². The summed E-state index contributed by atoms with van der Waals surface area (Å²) in [6.07, 6.45) is 0.694. The molecule has 1 heterocycles. The third-order valence-electron chi connectivity index (χ3n) is 4.77. The molecule has 1 N–H and O–H groups in total. The number of hydrogen-bond donors (Lipinski definition) is 1. The van der Waals surface area contributed by atoms with Crippen LogP contribution in [-0.4, -0.2) is 26.3 Å². The average molecular weight is 427 g/mol. The van der Waals surface area contributed by atoms with Gasteiger partial charge in [0.25, 0.3) is 11.5 Å². The van der Waals surface area contributed by atoms with Crippen molar-refractivity contribution in [1.29, 1.82) is 0 Å². The minimum atomic E-state index is -0.746. The number of hydrogen-bond acceptors (Lipinski definition) is 4. The van der Waals surface area contributed by atoms with Crippen molar-refractivity contribution < 1.29 is 4.79 Å². The first kappa shape index (κ1) is 21.5. The molecule has 1 atom stereocenters. The lowest BCUT2D eigenvalue weighted by Gasteiger charge is -2.14. The largest absolute Gasteiger partial charge is 0.352 e. The van der Waals surface area contributed by atoms with E-state index in [1.807, 2.05) is 32.9 Å². The van der Waals surface area contributed by atoms with E-state index in [0.29, 0.717) is 22.7 Å². The molecule has 0 radical (unpaired) electrons. The molecule has 0 spiro atoms. The van der Waals surface area contributed by atoms with Gasteiger partial charge in [-0.1, -0.05) is 48.4 Å². The highest BCUT2D eigenvalue weighted by Crippen LogP contribution is 2.11. The van der Waals surface area contributed by atoms with Gasteiger partial charge in [-0.05, 0) is 50.1 Å². The average Bonchev–Trinajstić information content (AvgIpc) is 2.72. The van der Waals surface area contributed by atoms with Gasteiger partial charge in [-0.2, -0.15) is 9.78 Å². The van der Waals surface area contributed by atoms with Crippen molar-refractivity contribution in [1.82, 2.24) is 19.7 Å². The van der Waals surface area contributed by atoms with E-state index in [4.69, 9.17) is 11.6 Å². The van der Waals surface area contributed by atoms with Gasteiger partial charge in [-0.25, -0.2) is 4.79 Å². The number of amides is 1. The Bertz CT molecular complexity index is 1180. The van der Waals surface area contributed by atoms with E-state index < -0.39 is 17.2 Å². The second-order valence-electron chi connectivity index (χ2n) is 7.18. The van der Waals surface area contributed by atoms with Gasteiger partial charge >= 0.3 is 5.69 Å². The SMILES string of the molecule is CC[C@H](C)NC(=O)c1nn(-c2ccc(C)cc2)c(=O)n(Cc2cccc(Cl)c2)c1=O. The van der Waals surface area contributed by atoms with E-state index in [0.717, 1.165) is 14.8 Å². The van der Waals surface area contributed by atoms with Gasteiger partial charge < -0.3 is 5.32 Å². The maximum Gasteiger partial charge on any atom is 0.352 e. The lowest BCUT2D eigenvalue weighted by molar-refractivity contribution is 0.0929. The fourth-order valence-corrected chi connectivity index (χ4v) is 3.08. The van der Waals surface area contributed by atoms with Crippen molar-refractivity contribution in [3.8, 4) is 5.69 Å². The molecule has 0 bridgehead atoms. The Hall–Kier alpha value is -3.19. The van der Waals surface area contributed by atoms with Gasteiger partial charge in [-0.15, -0.1) is 0 Å². The number of halogens is 1. The van der Waals surface area contributed by atoms with Crippen molar-refractivity contribution in [3.63, 3.8) is 0 Å². The second kappa shape index (κ2) is 9.09. The highest BCUT2D eigenvalue weighted by molar-refractivity contribution is 6.30. The van der Waals surface area contributed by atoms with Crippen molar-refractivity contribution in [2.75, 3.05) is 0 Å². The lowest BCUT2D eigenvalue weighted by atomic mass is 10.2. The smallest absolute Gasteiger partial charge is 0.348 e. The van der Waals surface area contributed by atoms with Crippen molar-refractivity contribution in [3.05, 3.63) is 91.2 Å². The van der Waals surface area contributed by atoms with Crippen LogP contribution in [0, 0.1) is 6.92 Å². The summed E-state index contributed by atoms with van der Waals surface area (Å²) in [7, 11) is 0. The quantitative estimate of drug-likeness (QED) is 0.656. The summed E-state index contributed by atoms with van der Waals surface area (Å²) < 4.78 is 2.08.